The van der Waals surface area contributed by atoms with Gasteiger partial charge in [0.15, 0.2) is 17.3 Å². The second-order valence-electron chi connectivity index (χ2n) is 7.06. The highest BCUT2D eigenvalue weighted by atomic mass is 16.5. The van der Waals surface area contributed by atoms with Gasteiger partial charge >= 0.3 is 0 Å². The molecule has 0 saturated carbocycles. The van der Waals surface area contributed by atoms with Crippen LogP contribution in [0.5, 0.6) is 23.0 Å². The van der Waals surface area contributed by atoms with Crippen molar-refractivity contribution in [2.75, 3.05) is 40.1 Å². The van der Waals surface area contributed by atoms with Crippen molar-refractivity contribution in [3.8, 4) is 23.0 Å². The number of methoxy groups -OCH3 is 1. The molecule has 0 aliphatic carbocycles. The third-order valence-corrected chi connectivity index (χ3v) is 4.94. The summed E-state index contributed by atoms with van der Waals surface area (Å²) < 4.78 is 22.3. The van der Waals surface area contributed by atoms with E-state index in [-0.39, 0.29) is 42.7 Å². The van der Waals surface area contributed by atoms with Crippen LogP contribution in [0.15, 0.2) is 49.6 Å². The molecule has 0 spiro atoms. The minimum Gasteiger partial charge on any atom is -0.504 e. The van der Waals surface area contributed by atoms with Gasteiger partial charge in [0.05, 0.1) is 32.5 Å². The summed E-state index contributed by atoms with van der Waals surface area (Å²) in [4.78, 5) is 13.7. The van der Waals surface area contributed by atoms with Crippen LogP contribution < -0.4 is 14.2 Å². The molecule has 2 rings (SSSR count). The number of hydrogen-bond donors (Lipinski definition) is 2. The topological polar surface area (TPSA) is 94.5 Å². The van der Waals surface area contributed by atoms with Gasteiger partial charge in [-0.2, -0.15) is 0 Å². The summed E-state index contributed by atoms with van der Waals surface area (Å²) in [5, 5.41) is 19.2. The number of phenolic OH excluding ortho intramolecular Hbond substituents is 1. The second-order valence-corrected chi connectivity index (χ2v) is 7.06. The number of carbonyl (C=O) groups excluding carboxylic acids is 1. The Morgan fingerprint density at radius 1 is 1.00 bits per heavy atom. The molecule has 0 aliphatic heterocycles. The van der Waals surface area contributed by atoms with Crippen LogP contribution in [0.3, 0.4) is 0 Å². The Labute approximate surface area is 194 Å². The first kappa shape index (κ1) is 26.0. The number of phenols is 1. The Balaban J connectivity index is 2.68. The Kier molecular flexibility index (Phi) is 10.5. The smallest absolute Gasteiger partial charge is 0.197 e. The first-order chi connectivity index (χ1) is 16.0. The number of aromatic hydroxyl groups is 1. The van der Waals surface area contributed by atoms with Gasteiger partial charge in [-0.05, 0) is 42.2 Å². The van der Waals surface area contributed by atoms with Crippen LogP contribution in [-0.2, 0) is 17.6 Å². The average molecular weight is 457 g/mol. The van der Waals surface area contributed by atoms with Crippen molar-refractivity contribution >= 4 is 5.78 Å². The lowest BCUT2D eigenvalue weighted by molar-refractivity contribution is 0.0937. The van der Waals surface area contributed by atoms with Gasteiger partial charge in [0.2, 0.25) is 0 Å². The maximum atomic E-state index is 13.7. The molecule has 0 saturated heterocycles. The van der Waals surface area contributed by atoms with Crippen molar-refractivity contribution in [1.29, 1.82) is 0 Å². The lowest BCUT2D eigenvalue weighted by atomic mass is 9.90. The van der Waals surface area contributed by atoms with E-state index in [2.05, 4.69) is 13.2 Å². The molecule has 7 heteroatoms. The fraction of sp³-hybridized carbons (Fsp3) is 0.346. The van der Waals surface area contributed by atoms with Gasteiger partial charge in [-0.15, -0.1) is 0 Å². The molecule has 0 heterocycles. The van der Waals surface area contributed by atoms with Crippen molar-refractivity contribution in [2.24, 2.45) is 0 Å². The summed E-state index contributed by atoms with van der Waals surface area (Å²) in [6, 6.07) is 6.22. The van der Waals surface area contributed by atoms with Gasteiger partial charge < -0.3 is 29.2 Å². The Hall–Kier alpha value is -3.29. The van der Waals surface area contributed by atoms with Crippen LogP contribution in [0.1, 0.15) is 34.0 Å². The molecule has 2 N–H and O–H groups in total. The summed E-state index contributed by atoms with van der Waals surface area (Å²) in [5.74, 6) is 0.779. The van der Waals surface area contributed by atoms with Crippen molar-refractivity contribution < 1.29 is 34.0 Å². The maximum Gasteiger partial charge on any atom is 0.197 e. The molecule has 0 unspecified atom stereocenters. The van der Waals surface area contributed by atoms with E-state index in [0.29, 0.717) is 43.1 Å². The minimum absolute atomic E-state index is 0.0896. The fourth-order valence-corrected chi connectivity index (χ4v) is 3.50. The van der Waals surface area contributed by atoms with Gasteiger partial charge in [0.25, 0.3) is 0 Å². The largest absolute Gasteiger partial charge is 0.504 e. The molecular weight excluding hydrogens is 424 g/mol. The first-order valence-corrected chi connectivity index (χ1v) is 10.8. The van der Waals surface area contributed by atoms with E-state index in [1.54, 1.807) is 30.4 Å². The average Bonchev–Trinajstić information content (AvgIpc) is 2.83. The summed E-state index contributed by atoms with van der Waals surface area (Å²) in [6.07, 6.45) is 4.25. The Bertz CT molecular complexity index is 966. The van der Waals surface area contributed by atoms with Gasteiger partial charge in [0, 0.05) is 11.6 Å². The van der Waals surface area contributed by atoms with Gasteiger partial charge in [-0.3, -0.25) is 4.79 Å². The molecule has 7 nitrogen and oxygen atoms in total. The lowest BCUT2D eigenvalue weighted by Crippen LogP contribution is -2.15. The third kappa shape index (κ3) is 6.60. The first-order valence-electron chi connectivity index (χ1n) is 10.8. The maximum absolute atomic E-state index is 13.7. The van der Waals surface area contributed by atoms with E-state index >= 15 is 0 Å². The highest BCUT2D eigenvalue weighted by molar-refractivity contribution is 6.12. The Morgan fingerprint density at radius 3 is 2.27 bits per heavy atom. The quantitative estimate of drug-likeness (QED) is 0.239. The van der Waals surface area contributed by atoms with Crippen LogP contribution in [0.25, 0.3) is 0 Å². The number of rotatable bonds is 15. The monoisotopic (exact) mass is 456 g/mol. The molecular formula is C26H32O7. The number of ether oxygens (including phenoxy) is 4. The number of aliphatic hydroxyl groups excluding tert-OH is 1. The molecule has 33 heavy (non-hydrogen) atoms. The highest BCUT2D eigenvalue weighted by Gasteiger charge is 2.25. The summed E-state index contributed by atoms with van der Waals surface area (Å²) in [6.45, 7) is 10.3. The normalized spacial score (nSPS) is 10.5. The molecule has 0 amide bonds. The van der Waals surface area contributed by atoms with Gasteiger partial charge in [-0.1, -0.05) is 32.2 Å². The van der Waals surface area contributed by atoms with Crippen molar-refractivity contribution in [1.82, 2.24) is 0 Å². The molecule has 2 aromatic carbocycles. The molecule has 178 valence electrons. The predicted octanol–water partition coefficient (Wildman–Crippen LogP) is 3.88. The summed E-state index contributed by atoms with van der Waals surface area (Å²) >= 11 is 0. The zero-order valence-corrected chi connectivity index (χ0v) is 19.3. The Morgan fingerprint density at radius 2 is 1.70 bits per heavy atom. The van der Waals surface area contributed by atoms with Crippen molar-refractivity contribution in [3.05, 3.63) is 71.8 Å². The van der Waals surface area contributed by atoms with Crippen molar-refractivity contribution in [3.63, 3.8) is 0 Å². The minimum atomic E-state index is -0.311. The van der Waals surface area contributed by atoms with E-state index in [9.17, 15) is 9.90 Å². The number of aliphatic hydroxyl groups is 1. The number of carbonyl (C=O) groups is 1. The standard InChI is InChI=1S/C26H32O7/c1-5-12-32-23-17-24(33-13-6-2)25(20(19(23)7-3)10-14-31-15-11-27)26(29)18-8-9-22(30-4)21(28)16-18/h5-6,8-9,16-17,27-28H,1-2,7,10-15H2,3-4H3. The van der Waals surface area contributed by atoms with E-state index in [1.165, 1.54) is 13.2 Å². The highest BCUT2D eigenvalue weighted by Crippen LogP contribution is 2.37. The number of benzene rings is 2. The third-order valence-electron chi connectivity index (χ3n) is 4.94. The molecule has 0 atom stereocenters. The summed E-state index contributed by atoms with van der Waals surface area (Å²) in [7, 11) is 1.44. The van der Waals surface area contributed by atoms with Crippen LogP contribution in [-0.4, -0.2) is 56.1 Å². The number of hydrogen-bond acceptors (Lipinski definition) is 7. The van der Waals surface area contributed by atoms with E-state index in [0.717, 1.165) is 11.1 Å². The fourth-order valence-electron chi connectivity index (χ4n) is 3.50. The van der Waals surface area contributed by atoms with E-state index in [4.69, 9.17) is 24.1 Å². The molecule has 2 aromatic rings. The van der Waals surface area contributed by atoms with Gasteiger partial charge in [0.1, 0.15) is 24.7 Å². The predicted molar refractivity (Wildman–Crippen MR) is 127 cm³/mol. The zero-order chi connectivity index (χ0) is 24.2. The van der Waals surface area contributed by atoms with E-state index in [1.807, 2.05) is 6.92 Å². The van der Waals surface area contributed by atoms with Crippen LogP contribution in [0.2, 0.25) is 0 Å². The number of ketones is 1. The van der Waals surface area contributed by atoms with Crippen LogP contribution >= 0.6 is 0 Å². The van der Waals surface area contributed by atoms with Crippen LogP contribution in [0.4, 0.5) is 0 Å². The molecule has 0 fully saturated rings. The van der Waals surface area contributed by atoms with Crippen molar-refractivity contribution in [2.45, 2.75) is 19.8 Å². The summed E-state index contributed by atoms with van der Waals surface area (Å²) in [5.41, 5.74) is 2.25. The SMILES string of the molecule is C=CCOc1cc(OCC=C)c(C(=O)c2ccc(OC)c(O)c2)c(CCOCCO)c1CC. The second kappa shape index (κ2) is 13.3. The van der Waals surface area contributed by atoms with E-state index < -0.39 is 0 Å². The molecule has 0 aliphatic rings. The lowest BCUT2D eigenvalue weighted by Gasteiger charge is -2.21. The van der Waals surface area contributed by atoms with Crippen LogP contribution in [0, 0.1) is 0 Å². The zero-order valence-electron chi connectivity index (χ0n) is 19.3. The molecule has 0 aromatic heterocycles. The molecule has 0 radical (unpaired) electrons. The van der Waals surface area contributed by atoms with Gasteiger partial charge in [-0.25, -0.2) is 0 Å². The molecule has 0 bridgehead atoms.